The maximum absolute atomic E-state index is 14.1. The van der Waals surface area contributed by atoms with Gasteiger partial charge in [0, 0.05) is 154 Å². The van der Waals surface area contributed by atoms with Gasteiger partial charge in [-0.05, 0) is 205 Å². The maximum atomic E-state index is 14.1. The van der Waals surface area contributed by atoms with Gasteiger partial charge in [0.2, 0.25) is 29.5 Å². The summed E-state index contributed by atoms with van der Waals surface area (Å²) >= 11 is 0. The number of piperidine rings is 3. The topological polar surface area (TPSA) is 423 Å². The Kier molecular flexibility index (Phi) is 38.7. The summed E-state index contributed by atoms with van der Waals surface area (Å²) in [5, 5.41) is 16.1. The lowest BCUT2D eigenvalue weighted by atomic mass is 9.81. The standard InChI is InChI=1S/C41H52N6O7.C35H40N4O7.C28H36N6O4.C6H14N2O/c1-41(2,3)54-40(51)46(27-29-12-14-33(52-4)15-13-29)35-26-30(16-17-42-35)25-34-36(37(48)43-18-20-44-21-23-53-24-22-44)47(38(34)49)39(50)45-19-8-11-32(28-45)31-9-6-5-7-10-31;1-35(2,3)46-34(44)38(21-23-12-14-27(45-4)15-13-23)29-20-24(16-17-36-29)19-28-30(32(41)42)39(31(28)40)33(43)37-18-8-11-26(22-37)25-9-6-5-7-10-25;29-24-18-20(8-9-30-24)17-23-25(26(35)31-10-12-32-13-15-38-16-14-32)34(27(23)36)28(37)33-11-4-7-22(19-33)21-5-2-1-3-6-21;7-1-2-8-3-5-9-6-4-8/h5-7,9-10,12-17,26,32,34,36H,8,11,18-25,27-28H2,1-4H3,(H,43,48);5-7,9-10,12-17,20,26,28,30H,8,11,18-19,21-22H2,1-4H3,(H,41,42);1-3,5-6,8-9,18,22-23,25H,4,7,10-17,19H2,(H2,29,30)(H,31,35);1-7H2/t32-,34-,36+;26-,28-,30+;22-,23-,25+;/m111./s1. The van der Waals surface area contributed by atoms with Crippen LogP contribution in [0.5, 0.6) is 11.5 Å². The van der Waals surface area contributed by atoms with Crippen molar-refractivity contribution in [1.82, 2.24) is 69.7 Å². The molecule has 13 amide bonds. The molecule has 3 aromatic heterocycles. The highest BCUT2D eigenvalue weighted by molar-refractivity contribution is 6.11. The zero-order chi connectivity index (χ0) is 104. The predicted octanol–water partition coefficient (Wildman–Crippen LogP) is 11.1. The van der Waals surface area contributed by atoms with Gasteiger partial charge in [-0.1, -0.05) is 115 Å². The van der Waals surface area contributed by atoms with E-state index in [1.807, 2.05) is 103 Å². The molecule has 0 bridgehead atoms. The number of methoxy groups -OCH3 is 2. The van der Waals surface area contributed by atoms with Gasteiger partial charge in [-0.2, -0.15) is 0 Å². The highest BCUT2D eigenvalue weighted by Crippen LogP contribution is 2.40. The number of imide groups is 3. The van der Waals surface area contributed by atoms with Gasteiger partial charge in [0.25, 0.3) is 0 Å². The predicted molar refractivity (Wildman–Crippen MR) is 552 cm³/mol. The average Bonchev–Trinajstić information content (AvgIpc) is 0.747. The molecule has 8 aromatic rings. The zero-order valence-corrected chi connectivity index (χ0v) is 85.6. The smallest absolute Gasteiger partial charge is 0.416 e. The van der Waals surface area contributed by atoms with E-state index in [0.29, 0.717) is 133 Å². The molecule has 37 nitrogen and oxygen atoms in total. The Balaban J connectivity index is 0.000000169. The molecule has 12 heterocycles. The van der Waals surface area contributed by atoms with E-state index < -0.39 is 89.1 Å². The lowest BCUT2D eigenvalue weighted by Gasteiger charge is -2.47. The number of aromatic nitrogens is 3. The summed E-state index contributed by atoms with van der Waals surface area (Å²) in [6.07, 6.45) is 9.31. The molecule has 9 aliphatic rings. The number of carbonyl (C=O) groups excluding carboxylic acids is 10. The number of amides is 13. The van der Waals surface area contributed by atoms with Crippen LogP contribution in [0.1, 0.15) is 142 Å². The number of hydrogen-bond donors (Lipinski definition) is 5. The fraction of sp³-hybridized carbons (Fsp3) is 0.491. The number of hydrogen-bond acceptors (Lipinski definition) is 26. The molecule has 5 aromatic carbocycles. The Hall–Kier alpha value is -13.6. The second-order valence-corrected chi connectivity index (χ2v) is 40.4. The lowest BCUT2D eigenvalue weighted by molar-refractivity contribution is -0.166. The van der Waals surface area contributed by atoms with E-state index in [1.165, 1.54) is 26.5 Å². The fourth-order valence-electron chi connectivity index (χ4n) is 20.0. The first-order chi connectivity index (χ1) is 70.9. The Morgan fingerprint density at radius 3 is 1.05 bits per heavy atom. The average molecular weight is 2020 g/mol. The van der Waals surface area contributed by atoms with Gasteiger partial charge in [0.1, 0.15) is 52.2 Å². The molecular weight excluding hydrogens is 1880 g/mol. The number of β-lactam (4-membered cyclic amide) rings is 3. The number of aliphatic carboxylic acids is 1. The number of pyridine rings is 3. The number of urea groups is 3. The van der Waals surface area contributed by atoms with Crippen LogP contribution in [0.4, 0.5) is 41.4 Å². The van der Waals surface area contributed by atoms with E-state index in [2.05, 4.69) is 64.6 Å². The summed E-state index contributed by atoms with van der Waals surface area (Å²) in [5.41, 5.74) is 16.9. The summed E-state index contributed by atoms with van der Waals surface area (Å²) in [7, 11) is 3.16. The third kappa shape index (κ3) is 29.7. The molecule has 0 spiro atoms. The van der Waals surface area contributed by atoms with Crippen molar-refractivity contribution in [3.05, 3.63) is 239 Å². The first-order valence-electron chi connectivity index (χ1n) is 51.2. The fourth-order valence-corrected chi connectivity index (χ4v) is 20.0. The molecule has 7 N–H and O–H groups in total. The summed E-state index contributed by atoms with van der Waals surface area (Å²) in [6, 6.07) is 50.6. The van der Waals surface area contributed by atoms with E-state index in [0.717, 1.165) is 142 Å². The van der Waals surface area contributed by atoms with Gasteiger partial charge in [-0.15, -0.1) is 0 Å². The lowest BCUT2D eigenvalue weighted by Crippen LogP contribution is -2.71. The van der Waals surface area contributed by atoms with Gasteiger partial charge >= 0.3 is 36.2 Å². The van der Waals surface area contributed by atoms with Crippen LogP contribution in [0.25, 0.3) is 0 Å². The molecule has 9 saturated heterocycles. The Labute approximate surface area is 860 Å². The van der Waals surface area contributed by atoms with Crippen molar-refractivity contribution in [2.24, 2.45) is 23.5 Å². The molecule has 9 atom stereocenters. The minimum atomic E-state index is -1.30. The Morgan fingerprint density at radius 2 is 0.735 bits per heavy atom. The quantitative estimate of drug-likeness (QED) is 0.0284. The van der Waals surface area contributed by atoms with Gasteiger partial charge < -0.3 is 75.1 Å². The zero-order valence-electron chi connectivity index (χ0n) is 85.6. The number of nitrogens with zero attached hydrogens (tertiary/aromatic N) is 14. The molecular formula is C110H142N18O19. The number of anilines is 3. The molecule has 17 rings (SSSR count). The van der Waals surface area contributed by atoms with Crippen molar-refractivity contribution in [3.8, 4) is 11.5 Å². The van der Waals surface area contributed by atoms with Crippen LogP contribution in [0, 0.1) is 17.8 Å². The SMILES string of the molecule is COc1ccc(CN(C(=O)OC(C)(C)C)c2cc(C[C@H]3C(=O)N(C(=O)N4CCC[C@@H](c5ccccc5)C4)[C@@H]3C(=O)NCCN3CCOCC3)ccn2)cc1.COc1ccc(CN(C(=O)OC(C)(C)C)c2cc(C[C@H]3C(=O)N(C(=O)N4CCC[C@@H](c5ccccc5)C4)[C@@H]3C(=O)O)ccn2)cc1.NCCN1CCOCC1.Nc1cc(C[C@H]2C(=O)N(C(=O)N3CCC[C@@H](c4ccccc4)C3)[C@@H]2C(=O)NCCN2CCOCC2)ccn1. The number of carboxylic acid groups (broad SMARTS) is 1. The van der Waals surface area contributed by atoms with E-state index >= 15 is 0 Å². The van der Waals surface area contributed by atoms with E-state index in [4.69, 9.17) is 44.6 Å². The molecule has 0 unspecified atom stereocenters. The number of morpholine rings is 3. The molecule has 9 fully saturated rings. The first-order valence-corrected chi connectivity index (χ1v) is 51.2. The van der Waals surface area contributed by atoms with Crippen LogP contribution in [0.3, 0.4) is 0 Å². The van der Waals surface area contributed by atoms with Crippen LogP contribution in [0.15, 0.2) is 195 Å². The molecule has 0 saturated carbocycles. The molecule has 0 aliphatic carbocycles. The van der Waals surface area contributed by atoms with E-state index in [9.17, 15) is 57.8 Å². The second kappa shape index (κ2) is 52.2. The third-order valence-corrected chi connectivity index (χ3v) is 27.8. The van der Waals surface area contributed by atoms with Crippen molar-refractivity contribution < 1.29 is 91.0 Å². The van der Waals surface area contributed by atoms with Crippen LogP contribution in [-0.2, 0) is 84.8 Å². The first kappa shape index (κ1) is 109. The number of nitrogens with one attached hydrogen (secondary N) is 2. The van der Waals surface area contributed by atoms with Crippen LogP contribution < -0.4 is 41.4 Å². The summed E-state index contributed by atoms with van der Waals surface area (Å²) in [5.74, 6) is -2.65. The molecule has 147 heavy (non-hydrogen) atoms. The summed E-state index contributed by atoms with van der Waals surface area (Å²) in [6.45, 7) is 27.7. The van der Waals surface area contributed by atoms with Crippen LogP contribution in [0.2, 0.25) is 0 Å². The minimum Gasteiger partial charge on any atom is -0.497 e. The van der Waals surface area contributed by atoms with Crippen LogP contribution >= 0.6 is 0 Å². The van der Waals surface area contributed by atoms with Crippen molar-refractivity contribution in [1.29, 1.82) is 0 Å². The number of nitrogens with two attached hydrogens (primary N) is 2. The Bertz CT molecular complexity index is 5730. The maximum Gasteiger partial charge on any atom is 0.416 e. The number of nitrogen functional groups attached to an aromatic ring is 1. The highest BCUT2D eigenvalue weighted by atomic mass is 16.6. The number of carboxylic acids is 1. The van der Waals surface area contributed by atoms with Gasteiger partial charge in [0.05, 0.1) is 84.7 Å². The highest BCUT2D eigenvalue weighted by Gasteiger charge is 2.59. The number of carbonyl (C=O) groups is 11. The molecule has 9 aliphatic heterocycles. The minimum absolute atomic E-state index is 0.0619. The molecule has 786 valence electrons. The number of likely N-dealkylation sites (tertiary alicyclic amines) is 6. The van der Waals surface area contributed by atoms with E-state index in [1.54, 1.807) is 131 Å². The summed E-state index contributed by atoms with van der Waals surface area (Å²) in [4.78, 5) is 179. The van der Waals surface area contributed by atoms with Crippen molar-refractivity contribution >= 4 is 83.2 Å². The normalized spacial score (nSPS) is 21.3. The van der Waals surface area contributed by atoms with Crippen molar-refractivity contribution in [3.63, 3.8) is 0 Å². The number of rotatable bonds is 28. The van der Waals surface area contributed by atoms with E-state index in [-0.39, 0.29) is 73.3 Å². The largest absolute Gasteiger partial charge is 0.497 e. The Morgan fingerprint density at radius 1 is 0.415 bits per heavy atom. The molecule has 37 heteroatoms. The number of ether oxygens (including phenoxy) is 7. The number of benzene rings is 5. The second-order valence-electron chi connectivity index (χ2n) is 40.4. The van der Waals surface area contributed by atoms with Gasteiger partial charge in [-0.25, -0.2) is 48.6 Å². The summed E-state index contributed by atoms with van der Waals surface area (Å²) < 4.78 is 38.0. The third-order valence-electron chi connectivity index (χ3n) is 27.8. The van der Waals surface area contributed by atoms with Crippen molar-refractivity contribution in [2.45, 2.75) is 160 Å². The van der Waals surface area contributed by atoms with Gasteiger partial charge in [0.15, 0.2) is 6.04 Å². The van der Waals surface area contributed by atoms with Crippen molar-refractivity contribution in [2.75, 3.05) is 187 Å². The van der Waals surface area contributed by atoms with Gasteiger partial charge in [-0.3, -0.25) is 58.3 Å². The molecule has 0 radical (unpaired) electrons. The monoisotopic (exact) mass is 2020 g/mol. The van der Waals surface area contributed by atoms with Crippen LogP contribution in [-0.4, -0.2) is 331 Å².